The lowest BCUT2D eigenvalue weighted by atomic mass is 10.0. The van der Waals surface area contributed by atoms with Crippen LogP contribution in [0.4, 0.5) is 10.2 Å². The van der Waals surface area contributed by atoms with E-state index in [4.69, 9.17) is 0 Å². The van der Waals surface area contributed by atoms with Gasteiger partial charge in [-0.05, 0) is 50.9 Å². The van der Waals surface area contributed by atoms with Gasteiger partial charge in [0.15, 0.2) is 0 Å². The summed E-state index contributed by atoms with van der Waals surface area (Å²) in [4.78, 5) is 27.6. The van der Waals surface area contributed by atoms with Crippen LogP contribution in [0, 0.1) is 12.8 Å². The van der Waals surface area contributed by atoms with Crippen LogP contribution in [0.1, 0.15) is 18.9 Å². The molecule has 1 aromatic carbocycles. The highest BCUT2D eigenvalue weighted by atomic mass is 19.2. The molecule has 0 amide bonds. The molecule has 1 saturated heterocycles. The fourth-order valence-electron chi connectivity index (χ4n) is 3.37. The minimum Gasteiger partial charge on any atom is -0.371 e. The first-order chi connectivity index (χ1) is 10.9. The third-order valence-corrected chi connectivity index (χ3v) is 4.89. The second-order valence-electron chi connectivity index (χ2n) is 6.27. The molecular formula is C16H21FN4O2. The molecule has 0 aliphatic carbocycles. The summed E-state index contributed by atoms with van der Waals surface area (Å²) >= 11 is 0. The Labute approximate surface area is 132 Å². The smallest absolute Gasteiger partial charge is 0.357 e. The van der Waals surface area contributed by atoms with E-state index >= 15 is 0 Å². The van der Waals surface area contributed by atoms with E-state index < -0.39 is 11.2 Å². The molecule has 2 heterocycles. The lowest BCUT2D eigenvalue weighted by molar-refractivity contribution is 0.362. The van der Waals surface area contributed by atoms with Gasteiger partial charge in [-0.25, -0.2) is 4.79 Å². The molecule has 23 heavy (non-hydrogen) atoms. The van der Waals surface area contributed by atoms with Crippen molar-refractivity contribution in [2.75, 3.05) is 25.0 Å². The average molecular weight is 320 g/mol. The van der Waals surface area contributed by atoms with Crippen molar-refractivity contribution in [3.8, 4) is 0 Å². The summed E-state index contributed by atoms with van der Waals surface area (Å²) in [6, 6.07) is 3.88. The molecule has 7 heteroatoms. The zero-order valence-electron chi connectivity index (χ0n) is 13.5. The van der Waals surface area contributed by atoms with E-state index in [1.807, 2.05) is 18.1 Å². The number of nitrogens with zero attached hydrogens (tertiary/aromatic N) is 2. The summed E-state index contributed by atoms with van der Waals surface area (Å²) in [7, 11) is 1.95. The molecule has 0 spiro atoms. The maximum Gasteiger partial charge on any atom is 0.357 e. The van der Waals surface area contributed by atoms with Gasteiger partial charge in [-0.2, -0.15) is 0 Å². The number of hydrogen-bond acceptors (Lipinski definition) is 4. The van der Waals surface area contributed by atoms with Crippen LogP contribution in [-0.4, -0.2) is 36.0 Å². The first-order valence-corrected chi connectivity index (χ1v) is 7.80. The summed E-state index contributed by atoms with van der Waals surface area (Å²) < 4.78 is 14.1. The number of hydrogen-bond donors (Lipinski definition) is 2. The largest absolute Gasteiger partial charge is 0.371 e. The number of benzene rings is 1. The topological polar surface area (TPSA) is 70.1 Å². The van der Waals surface area contributed by atoms with Gasteiger partial charge in [0.2, 0.25) is 0 Å². The molecule has 124 valence electrons. The Balaban J connectivity index is 2.06. The van der Waals surface area contributed by atoms with Crippen LogP contribution in [0.2, 0.25) is 0 Å². The summed E-state index contributed by atoms with van der Waals surface area (Å²) in [5.74, 6) is 0.516. The van der Waals surface area contributed by atoms with Crippen molar-refractivity contribution in [2.45, 2.75) is 26.3 Å². The number of nitrogens with one attached hydrogen (secondary N) is 2. The van der Waals surface area contributed by atoms with Crippen LogP contribution in [0.3, 0.4) is 0 Å². The van der Waals surface area contributed by atoms with Gasteiger partial charge in [0.1, 0.15) is 0 Å². The van der Waals surface area contributed by atoms with E-state index in [-0.39, 0.29) is 15.7 Å². The van der Waals surface area contributed by atoms with Crippen LogP contribution < -0.4 is 21.5 Å². The summed E-state index contributed by atoms with van der Waals surface area (Å²) in [5.41, 5.74) is -0.0560. The number of aromatic amines is 1. The molecule has 3 rings (SSSR count). The van der Waals surface area contributed by atoms with Gasteiger partial charge in [-0.3, -0.25) is 9.78 Å². The zero-order valence-corrected chi connectivity index (χ0v) is 13.5. The Morgan fingerprint density at radius 1 is 1.39 bits per heavy atom. The van der Waals surface area contributed by atoms with Crippen LogP contribution in [-0.2, 0) is 0 Å². The predicted molar refractivity (Wildman–Crippen MR) is 88.9 cm³/mol. The first-order valence-electron chi connectivity index (χ1n) is 7.80. The molecule has 0 saturated carbocycles. The molecule has 1 aliphatic rings. The van der Waals surface area contributed by atoms with E-state index in [0.717, 1.165) is 25.2 Å². The monoisotopic (exact) mass is 320 g/mol. The number of halogens is 1. The molecule has 0 bridgehead atoms. The molecule has 2 N–H and O–H groups in total. The number of anilines is 1. The summed E-state index contributed by atoms with van der Waals surface area (Å²) in [6.07, 6.45) is 1.05. The highest BCUT2D eigenvalue weighted by Gasteiger charge is 2.27. The van der Waals surface area contributed by atoms with Crippen molar-refractivity contribution >= 4 is 16.6 Å². The molecule has 1 aromatic heterocycles. The quantitative estimate of drug-likeness (QED) is 0.890. The maximum atomic E-state index is 14.1. The minimum atomic E-state index is -1.04. The van der Waals surface area contributed by atoms with Crippen molar-refractivity contribution < 1.29 is 4.48 Å². The minimum absolute atomic E-state index is 0.0109. The molecule has 2 atom stereocenters. The Morgan fingerprint density at radius 3 is 2.83 bits per heavy atom. The van der Waals surface area contributed by atoms with Gasteiger partial charge in [0.05, 0.1) is 10.9 Å². The van der Waals surface area contributed by atoms with Gasteiger partial charge < -0.3 is 10.2 Å². The number of rotatable bonds is 3. The van der Waals surface area contributed by atoms with Crippen molar-refractivity contribution in [2.24, 2.45) is 5.92 Å². The molecule has 1 aliphatic heterocycles. The third-order valence-electron chi connectivity index (χ3n) is 4.89. The Kier molecular flexibility index (Phi) is 3.97. The van der Waals surface area contributed by atoms with Crippen LogP contribution in [0.25, 0.3) is 10.9 Å². The Morgan fingerprint density at radius 2 is 2.13 bits per heavy atom. The van der Waals surface area contributed by atoms with Crippen molar-refractivity contribution in [1.29, 1.82) is 0 Å². The number of H-pyrrole nitrogens is 1. The standard InChI is InChI=1S/C16H21FN4O2/c1-9-6-12(20-5-4-11(8-20)10(2)18-3)7-13-14(9)15(22)19-16(23)21(13)17/h6-7,10-11,18H,4-5,8H2,1-3H3,(H,19,22,23). The zero-order chi connectivity index (χ0) is 16.7. The van der Waals surface area contributed by atoms with Gasteiger partial charge in [0, 0.05) is 24.8 Å². The highest BCUT2D eigenvalue weighted by molar-refractivity contribution is 5.85. The number of aryl methyl sites for hydroxylation is 1. The normalized spacial score (nSPS) is 19.5. The number of aromatic nitrogens is 2. The first kappa shape index (κ1) is 15.7. The van der Waals surface area contributed by atoms with Crippen molar-refractivity contribution in [3.05, 3.63) is 38.5 Å². The molecule has 0 radical (unpaired) electrons. The van der Waals surface area contributed by atoms with Gasteiger partial charge in [-0.15, -0.1) is 4.79 Å². The average Bonchev–Trinajstić information content (AvgIpc) is 3.01. The molecule has 2 aromatic rings. The fourth-order valence-corrected chi connectivity index (χ4v) is 3.37. The van der Waals surface area contributed by atoms with E-state index in [1.165, 1.54) is 0 Å². The van der Waals surface area contributed by atoms with Gasteiger partial charge in [0.25, 0.3) is 5.56 Å². The van der Waals surface area contributed by atoms with Gasteiger partial charge >= 0.3 is 5.69 Å². The van der Waals surface area contributed by atoms with Crippen LogP contribution in [0.15, 0.2) is 21.7 Å². The molecule has 2 unspecified atom stereocenters. The van der Waals surface area contributed by atoms with E-state index in [9.17, 15) is 14.1 Å². The van der Waals surface area contributed by atoms with E-state index in [0.29, 0.717) is 17.5 Å². The molecule has 1 fully saturated rings. The fraction of sp³-hybridized carbons (Fsp3) is 0.500. The lowest BCUT2D eigenvalue weighted by Crippen LogP contribution is -2.32. The highest BCUT2D eigenvalue weighted by Crippen LogP contribution is 2.29. The second kappa shape index (κ2) is 5.81. The summed E-state index contributed by atoms with van der Waals surface area (Å²) in [5, 5.41) is 3.48. The lowest BCUT2D eigenvalue weighted by Gasteiger charge is -2.22. The Hall–Kier alpha value is -2.15. The van der Waals surface area contributed by atoms with Crippen molar-refractivity contribution in [1.82, 2.24) is 15.1 Å². The van der Waals surface area contributed by atoms with E-state index in [1.54, 1.807) is 13.0 Å². The van der Waals surface area contributed by atoms with E-state index in [2.05, 4.69) is 17.1 Å². The van der Waals surface area contributed by atoms with Crippen LogP contribution in [0.5, 0.6) is 0 Å². The second-order valence-corrected chi connectivity index (χ2v) is 6.27. The van der Waals surface area contributed by atoms with Crippen molar-refractivity contribution in [3.63, 3.8) is 0 Å². The molecular weight excluding hydrogens is 299 g/mol. The summed E-state index contributed by atoms with van der Waals surface area (Å²) in [6.45, 7) is 5.65. The SMILES string of the molecule is CNC(C)C1CCN(c2cc(C)c3c(=O)[nH]c(=O)n(F)c3c2)C1. The third kappa shape index (κ3) is 2.65. The van der Waals surface area contributed by atoms with Crippen LogP contribution >= 0.6 is 0 Å². The predicted octanol–water partition coefficient (Wildman–Crippen LogP) is 1.17. The maximum absolute atomic E-state index is 14.1. The molecule has 6 nitrogen and oxygen atoms in total. The Bertz CT molecular complexity index is 858. The van der Waals surface area contributed by atoms with Gasteiger partial charge in [-0.1, -0.05) is 4.48 Å². The number of fused-ring (bicyclic) bond motifs is 1.